The van der Waals surface area contributed by atoms with Gasteiger partial charge in [-0.05, 0) is 46.3 Å². The minimum absolute atomic E-state index is 0.115. The maximum Gasteiger partial charge on any atom is 0.259 e. The molecular formula is C14H13BrN2O2. The first-order chi connectivity index (χ1) is 8.99. The van der Waals surface area contributed by atoms with Gasteiger partial charge in [0, 0.05) is 29.0 Å². The van der Waals surface area contributed by atoms with Gasteiger partial charge in [0.15, 0.2) is 0 Å². The molecule has 0 unspecified atom stereocenters. The summed E-state index contributed by atoms with van der Waals surface area (Å²) in [6.07, 6.45) is 0. The Morgan fingerprint density at radius 2 is 2.00 bits per heavy atom. The van der Waals surface area contributed by atoms with E-state index in [4.69, 9.17) is 5.73 Å². The standard InChI is InChI=1S/C14H13BrN2O2/c1-17(10-3-2-4-11(18)8-10)14(19)12-7-9(16)5-6-13(12)15/h2-8,18H,16H2,1H3. The van der Waals surface area contributed by atoms with Crippen molar-refractivity contribution in [2.75, 3.05) is 17.7 Å². The molecular weight excluding hydrogens is 308 g/mol. The third-order valence-electron chi connectivity index (χ3n) is 2.74. The second kappa shape index (κ2) is 5.32. The molecule has 4 nitrogen and oxygen atoms in total. The summed E-state index contributed by atoms with van der Waals surface area (Å²) in [6, 6.07) is 11.6. The first-order valence-corrected chi connectivity index (χ1v) is 6.40. The summed E-state index contributed by atoms with van der Waals surface area (Å²) in [6.45, 7) is 0. The van der Waals surface area contributed by atoms with Gasteiger partial charge in [-0.15, -0.1) is 0 Å². The summed E-state index contributed by atoms with van der Waals surface area (Å²) in [5.74, 6) is -0.0893. The van der Waals surface area contributed by atoms with Crippen molar-refractivity contribution in [3.05, 3.63) is 52.5 Å². The highest BCUT2D eigenvalue weighted by molar-refractivity contribution is 9.10. The number of nitrogens with two attached hydrogens (primary N) is 1. The van der Waals surface area contributed by atoms with Crippen LogP contribution < -0.4 is 10.6 Å². The molecule has 0 aromatic heterocycles. The van der Waals surface area contributed by atoms with E-state index in [0.717, 1.165) is 0 Å². The van der Waals surface area contributed by atoms with Crippen LogP contribution in [0.25, 0.3) is 0 Å². The number of amides is 1. The molecule has 0 aliphatic carbocycles. The molecule has 0 heterocycles. The molecule has 1 amide bonds. The highest BCUT2D eigenvalue weighted by Crippen LogP contribution is 2.25. The van der Waals surface area contributed by atoms with Gasteiger partial charge in [0.25, 0.3) is 5.91 Å². The molecule has 0 bridgehead atoms. The van der Waals surface area contributed by atoms with Crippen LogP contribution in [0.1, 0.15) is 10.4 Å². The molecule has 0 radical (unpaired) electrons. The predicted molar refractivity (Wildman–Crippen MR) is 79.4 cm³/mol. The average Bonchev–Trinajstić information content (AvgIpc) is 2.40. The Morgan fingerprint density at radius 3 is 2.68 bits per heavy atom. The van der Waals surface area contributed by atoms with Crippen LogP contribution in [0.15, 0.2) is 46.9 Å². The number of carbonyl (C=O) groups is 1. The summed E-state index contributed by atoms with van der Waals surface area (Å²) in [5, 5.41) is 9.45. The van der Waals surface area contributed by atoms with E-state index >= 15 is 0 Å². The second-order valence-electron chi connectivity index (χ2n) is 4.12. The summed E-state index contributed by atoms with van der Waals surface area (Å²) < 4.78 is 0.679. The lowest BCUT2D eigenvalue weighted by molar-refractivity contribution is 0.0992. The fourth-order valence-corrected chi connectivity index (χ4v) is 2.12. The number of carbonyl (C=O) groups excluding carboxylic acids is 1. The zero-order valence-corrected chi connectivity index (χ0v) is 11.9. The topological polar surface area (TPSA) is 66.6 Å². The molecule has 0 spiro atoms. The van der Waals surface area contributed by atoms with Gasteiger partial charge in [0.2, 0.25) is 0 Å². The van der Waals surface area contributed by atoms with Gasteiger partial charge in [0.1, 0.15) is 5.75 Å². The third kappa shape index (κ3) is 2.88. The van der Waals surface area contributed by atoms with Crippen molar-refractivity contribution < 1.29 is 9.90 Å². The van der Waals surface area contributed by atoms with Crippen molar-refractivity contribution in [2.24, 2.45) is 0 Å². The molecule has 0 saturated heterocycles. The van der Waals surface area contributed by atoms with Crippen molar-refractivity contribution in [1.82, 2.24) is 0 Å². The summed E-state index contributed by atoms with van der Waals surface area (Å²) in [7, 11) is 1.65. The molecule has 0 fully saturated rings. The number of phenolic OH excluding ortho intramolecular Hbond substituents is 1. The SMILES string of the molecule is CN(C(=O)c1cc(N)ccc1Br)c1cccc(O)c1. The maximum atomic E-state index is 12.4. The van der Waals surface area contributed by atoms with Gasteiger partial charge in [-0.3, -0.25) is 4.79 Å². The predicted octanol–water partition coefficient (Wildman–Crippen LogP) is 3.01. The van der Waals surface area contributed by atoms with E-state index in [1.807, 2.05) is 0 Å². The second-order valence-corrected chi connectivity index (χ2v) is 4.98. The van der Waals surface area contributed by atoms with Crippen molar-refractivity contribution in [1.29, 1.82) is 0 Å². The van der Waals surface area contributed by atoms with E-state index in [1.54, 1.807) is 43.4 Å². The molecule has 0 saturated carbocycles. The van der Waals surface area contributed by atoms with Gasteiger partial charge in [-0.2, -0.15) is 0 Å². The van der Waals surface area contributed by atoms with Crippen LogP contribution in [0.4, 0.5) is 11.4 Å². The minimum Gasteiger partial charge on any atom is -0.508 e. The third-order valence-corrected chi connectivity index (χ3v) is 3.43. The lowest BCUT2D eigenvalue weighted by Gasteiger charge is -2.18. The van der Waals surface area contributed by atoms with Crippen LogP contribution in [0.3, 0.4) is 0 Å². The van der Waals surface area contributed by atoms with Crippen LogP contribution >= 0.6 is 15.9 Å². The average molecular weight is 321 g/mol. The van der Waals surface area contributed by atoms with Crippen molar-refractivity contribution in [3.8, 4) is 5.75 Å². The Bertz CT molecular complexity index is 629. The number of halogens is 1. The Kier molecular flexibility index (Phi) is 3.76. The number of benzene rings is 2. The molecule has 0 aliphatic rings. The van der Waals surface area contributed by atoms with E-state index in [2.05, 4.69) is 15.9 Å². The molecule has 19 heavy (non-hydrogen) atoms. The Labute approximate surface area is 119 Å². The highest BCUT2D eigenvalue weighted by atomic mass is 79.9. The lowest BCUT2D eigenvalue weighted by atomic mass is 10.1. The highest BCUT2D eigenvalue weighted by Gasteiger charge is 2.16. The molecule has 0 aliphatic heterocycles. The number of rotatable bonds is 2. The number of anilines is 2. The van der Waals surface area contributed by atoms with Gasteiger partial charge >= 0.3 is 0 Å². The zero-order valence-electron chi connectivity index (χ0n) is 10.3. The molecule has 2 aromatic rings. The van der Waals surface area contributed by atoms with Crippen molar-refractivity contribution in [3.63, 3.8) is 0 Å². The molecule has 3 N–H and O–H groups in total. The van der Waals surface area contributed by atoms with E-state index in [-0.39, 0.29) is 11.7 Å². The normalized spacial score (nSPS) is 10.2. The summed E-state index contributed by atoms with van der Waals surface area (Å²) in [5.41, 5.74) is 7.31. The number of hydrogen-bond donors (Lipinski definition) is 2. The number of hydrogen-bond acceptors (Lipinski definition) is 3. The van der Waals surface area contributed by atoms with Crippen molar-refractivity contribution >= 4 is 33.2 Å². The quantitative estimate of drug-likeness (QED) is 0.836. The van der Waals surface area contributed by atoms with Crippen LogP contribution in [-0.2, 0) is 0 Å². The molecule has 0 atom stereocenters. The minimum atomic E-state index is -0.204. The molecule has 5 heteroatoms. The Morgan fingerprint density at radius 1 is 1.26 bits per heavy atom. The number of nitrogen functional groups attached to an aromatic ring is 1. The molecule has 2 aromatic carbocycles. The zero-order chi connectivity index (χ0) is 14.0. The Hall–Kier alpha value is -2.01. The van der Waals surface area contributed by atoms with Crippen LogP contribution in [0.2, 0.25) is 0 Å². The van der Waals surface area contributed by atoms with Crippen LogP contribution in [0.5, 0.6) is 5.75 Å². The molecule has 2 rings (SSSR count). The Balaban J connectivity index is 2.36. The molecule has 98 valence electrons. The lowest BCUT2D eigenvalue weighted by Crippen LogP contribution is -2.26. The van der Waals surface area contributed by atoms with Gasteiger partial charge < -0.3 is 15.7 Å². The fraction of sp³-hybridized carbons (Fsp3) is 0.0714. The van der Waals surface area contributed by atoms with E-state index in [1.165, 1.54) is 11.0 Å². The monoisotopic (exact) mass is 320 g/mol. The van der Waals surface area contributed by atoms with Crippen molar-refractivity contribution in [2.45, 2.75) is 0 Å². The van der Waals surface area contributed by atoms with Gasteiger partial charge in [0.05, 0.1) is 5.56 Å². The van der Waals surface area contributed by atoms with Crippen LogP contribution in [0, 0.1) is 0 Å². The number of nitrogens with zero attached hydrogens (tertiary/aromatic N) is 1. The van der Waals surface area contributed by atoms with Gasteiger partial charge in [-0.1, -0.05) is 6.07 Å². The van der Waals surface area contributed by atoms with E-state index < -0.39 is 0 Å². The fourth-order valence-electron chi connectivity index (χ4n) is 1.71. The maximum absolute atomic E-state index is 12.4. The smallest absolute Gasteiger partial charge is 0.259 e. The number of phenols is 1. The summed E-state index contributed by atoms with van der Waals surface area (Å²) >= 11 is 3.33. The van der Waals surface area contributed by atoms with Gasteiger partial charge in [-0.25, -0.2) is 0 Å². The first-order valence-electron chi connectivity index (χ1n) is 5.61. The first kappa shape index (κ1) is 13.4. The number of aromatic hydroxyl groups is 1. The largest absolute Gasteiger partial charge is 0.508 e. The van der Waals surface area contributed by atoms with Crippen LogP contribution in [-0.4, -0.2) is 18.1 Å². The van der Waals surface area contributed by atoms with E-state index in [9.17, 15) is 9.90 Å². The van der Waals surface area contributed by atoms with E-state index in [0.29, 0.717) is 21.4 Å². The summed E-state index contributed by atoms with van der Waals surface area (Å²) in [4.78, 5) is 13.8.